The van der Waals surface area contributed by atoms with Crippen LogP contribution in [-0.4, -0.2) is 40.0 Å². The molecule has 1 aromatic carbocycles. The number of fused-ring (bicyclic) bond motifs is 1. The number of nitrogens with zero attached hydrogens (tertiary/aromatic N) is 2. The smallest absolute Gasteiger partial charge is 0.326 e. The van der Waals surface area contributed by atoms with Gasteiger partial charge in [-0.1, -0.05) is 12.1 Å². The summed E-state index contributed by atoms with van der Waals surface area (Å²) in [6, 6.07) is 7.87. The molecular weight excluding hydrogens is 304 g/mol. The minimum absolute atomic E-state index is 0. The van der Waals surface area contributed by atoms with Gasteiger partial charge in [-0.25, -0.2) is 4.79 Å². The Hall–Kier alpha value is -1.79. The van der Waals surface area contributed by atoms with Gasteiger partial charge < -0.3 is 15.6 Å². The summed E-state index contributed by atoms with van der Waals surface area (Å²) < 4.78 is 1.83. The van der Waals surface area contributed by atoms with Gasteiger partial charge in [0.2, 0.25) is 5.91 Å². The number of carbonyl (C=O) groups excluding carboxylic acids is 1. The van der Waals surface area contributed by atoms with Gasteiger partial charge in [0.05, 0.1) is 11.0 Å². The van der Waals surface area contributed by atoms with E-state index < -0.39 is 0 Å². The fraction of sp³-hybridized carbons (Fsp3) is 0.467. The van der Waals surface area contributed by atoms with Crippen molar-refractivity contribution in [3.63, 3.8) is 0 Å². The largest absolute Gasteiger partial charge is 0.343 e. The van der Waals surface area contributed by atoms with Gasteiger partial charge in [-0.05, 0) is 25.0 Å². The topological polar surface area (TPSA) is 84.1 Å². The van der Waals surface area contributed by atoms with Crippen molar-refractivity contribution in [1.82, 2.24) is 14.5 Å². The summed E-state index contributed by atoms with van der Waals surface area (Å²) in [5, 5.41) is 0. The van der Waals surface area contributed by atoms with Crippen LogP contribution in [0.25, 0.3) is 11.0 Å². The van der Waals surface area contributed by atoms with Crippen molar-refractivity contribution in [1.29, 1.82) is 0 Å². The van der Waals surface area contributed by atoms with Crippen molar-refractivity contribution in [3.8, 4) is 0 Å². The van der Waals surface area contributed by atoms with Gasteiger partial charge >= 0.3 is 5.69 Å². The first kappa shape index (κ1) is 16.6. The number of nitrogens with one attached hydrogen (secondary N) is 1. The number of benzene rings is 1. The molecule has 0 spiro atoms. The number of hydrogen-bond acceptors (Lipinski definition) is 3. The molecule has 0 saturated carbocycles. The van der Waals surface area contributed by atoms with E-state index in [1.54, 1.807) is 0 Å². The molecule has 1 amide bonds. The number of likely N-dealkylation sites (tertiary alicyclic amines) is 1. The molecule has 3 rings (SSSR count). The lowest BCUT2D eigenvalue weighted by Gasteiger charge is -2.32. The average Bonchev–Trinajstić information content (AvgIpc) is 2.83. The number of piperidine rings is 1. The molecular formula is C15H21ClN4O2. The van der Waals surface area contributed by atoms with Crippen LogP contribution in [0.1, 0.15) is 25.3 Å². The second-order valence-electron chi connectivity index (χ2n) is 5.47. The van der Waals surface area contributed by atoms with E-state index in [-0.39, 0.29) is 30.0 Å². The highest BCUT2D eigenvalue weighted by Gasteiger charge is 2.25. The van der Waals surface area contributed by atoms with E-state index in [1.807, 2.05) is 33.7 Å². The SMILES string of the molecule is Cl.NCCC(=O)N1CCC(n2c(=O)[nH]c3ccccc32)CC1. The van der Waals surface area contributed by atoms with Crippen molar-refractivity contribution in [2.24, 2.45) is 5.73 Å². The number of amides is 1. The zero-order valence-corrected chi connectivity index (χ0v) is 13.1. The molecule has 1 aromatic heterocycles. The molecule has 7 heteroatoms. The highest BCUT2D eigenvalue weighted by Crippen LogP contribution is 2.24. The number of H-pyrrole nitrogens is 1. The molecule has 6 nitrogen and oxygen atoms in total. The molecule has 1 saturated heterocycles. The van der Waals surface area contributed by atoms with Crippen molar-refractivity contribution in [2.75, 3.05) is 19.6 Å². The van der Waals surface area contributed by atoms with E-state index in [0.29, 0.717) is 26.1 Å². The molecule has 1 fully saturated rings. The number of nitrogens with two attached hydrogens (primary N) is 1. The first-order chi connectivity index (χ1) is 10.2. The number of para-hydroxylation sites is 2. The van der Waals surface area contributed by atoms with Crippen molar-refractivity contribution in [2.45, 2.75) is 25.3 Å². The zero-order chi connectivity index (χ0) is 14.8. The summed E-state index contributed by atoms with van der Waals surface area (Å²) in [7, 11) is 0. The van der Waals surface area contributed by atoms with Crippen molar-refractivity contribution >= 4 is 29.3 Å². The highest BCUT2D eigenvalue weighted by atomic mass is 35.5. The molecule has 0 radical (unpaired) electrons. The standard InChI is InChI=1S/C15H20N4O2.ClH/c16-8-5-14(20)18-9-6-11(7-10-18)19-13-4-2-1-3-12(13)17-15(19)21;/h1-4,11H,5-10,16H2,(H,17,21);1H. The first-order valence-electron chi connectivity index (χ1n) is 7.38. The van der Waals surface area contributed by atoms with E-state index in [0.717, 1.165) is 23.9 Å². The van der Waals surface area contributed by atoms with Crippen LogP contribution in [0, 0.1) is 0 Å². The Labute approximate surface area is 134 Å². The van der Waals surface area contributed by atoms with E-state index in [9.17, 15) is 9.59 Å². The van der Waals surface area contributed by atoms with Crippen LogP contribution in [0.5, 0.6) is 0 Å². The molecule has 0 bridgehead atoms. The highest BCUT2D eigenvalue weighted by molar-refractivity contribution is 5.85. The Balaban J connectivity index is 0.00000176. The van der Waals surface area contributed by atoms with Crippen LogP contribution < -0.4 is 11.4 Å². The molecule has 3 N–H and O–H groups in total. The lowest BCUT2D eigenvalue weighted by Crippen LogP contribution is -2.41. The summed E-state index contributed by atoms with van der Waals surface area (Å²) in [5.41, 5.74) is 7.16. The zero-order valence-electron chi connectivity index (χ0n) is 12.3. The van der Waals surface area contributed by atoms with Gasteiger partial charge in [0.15, 0.2) is 0 Å². The van der Waals surface area contributed by atoms with Gasteiger partial charge in [-0.15, -0.1) is 12.4 Å². The maximum absolute atomic E-state index is 12.2. The predicted molar refractivity (Wildman–Crippen MR) is 88.3 cm³/mol. The third kappa shape index (κ3) is 3.03. The second kappa shape index (κ2) is 6.98. The number of aromatic nitrogens is 2. The van der Waals surface area contributed by atoms with E-state index in [1.165, 1.54) is 0 Å². The van der Waals surface area contributed by atoms with Crippen LogP contribution in [0.2, 0.25) is 0 Å². The van der Waals surface area contributed by atoms with Crippen molar-refractivity contribution < 1.29 is 4.79 Å². The molecule has 0 unspecified atom stereocenters. The molecule has 1 aliphatic rings. The molecule has 0 atom stereocenters. The van der Waals surface area contributed by atoms with Crippen LogP contribution in [0.3, 0.4) is 0 Å². The minimum atomic E-state index is -0.0667. The summed E-state index contributed by atoms with van der Waals surface area (Å²) >= 11 is 0. The van der Waals surface area contributed by atoms with Crippen LogP contribution in [0.15, 0.2) is 29.1 Å². The minimum Gasteiger partial charge on any atom is -0.343 e. The number of imidazole rings is 1. The Morgan fingerprint density at radius 3 is 2.64 bits per heavy atom. The third-order valence-electron chi connectivity index (χ3n) is 4.16. The normalized spacial score (nSPS) is 15.8. The third-order valence-corrected chi connectivity index (χ3v) is 4.16. The Morgan fingerprint density at radius 1 is 1.27 bits per heavy atom. The van der Waals surface area contributed by atoms with Crippen molar-refractivity contribution in [3.05, 3.63) is 34.7 Å². The molecule has 22 heavy (non-hydrogen) atoms. The summed E-state index contributed by atoms with van der Waals surface area (Å²) in [4.78, 5) is 28.7. The Kier molecular flexibility index (Phi) is 5.26. The molecule has 1 aliphatic heterocycles. The monoisotopic (exact) mass is 324 g/mol. The maximum atomic E-state index is 12.2. The second-order valence-corrected chi connectivity index (χ2v) is 5.47. The summed E-state index contributed by atoms with van der Waals surface area (Å²) in [6.45, 7) is 1.77. The van der Waals surface area contributed by atoms with E-state index in [2.05, 4.69) is 4.98 Å². The maximum Gasteiger partial charge on any atom is 0.326 e. The number of halogens is 1. The van der Waals surface area contributed by atoms with E-state index in [4.69, 9.17) is 5.73 Å². The summed E-state index contributed by atoms with van der Waals surface area (Å²) in [6.07, 6.45) is 2.01. The molecule has 2 heterocycles. The van der Waals surface area contributed by atoms with Gasteiger partial charge in [-0.3, -0.25) is 9.36 Å². The van der Waals surface area contributed by atoms with Gasteiger partial charge in [-0.2, -0.15) is 0 Å². The molecule has 0 aliphatic carbocycles. The quantitative estimate of drug-likeness (QED) is 0.891. The average molecular weight is 325 g/mol. The fourth-order valence-corrected chi connectivity index (χ4v) is 3.09. The lowest BCUT2D eigenvalue weighted by molar-refractivity contribution is -0.132. The first-order valence-corrected chi connectivity index (χ1v) is 7.38. The Bertz CT molecular complexity index is 701. The van der Waals surface area contributed by atoms with Crippen LogP contribution >= 0.6 is 12.4 Å². The van der Waals surface area contributed by atoms with Crippen LogP contribution in [0.4, 0.5) is 0 Å². The number of rotatable bonds is 3. The predicted octanol–water partition coefficient (Wildman–Crippen LogP) is 1.26. The molecule has 120 valence electrons. The Morgan fingerprint density at radius 2 is 1.95 bits per heavy atom. The summed E-state index contributed by atoms with van der Waals surface area (Å²) in [5.74, 6) is 0.113. The fourth-order valence-electron chi connectivity index (χ4n) is 3.09. The van der Waals surface area contributed by atoms with Gasteiger partial charge in [0.1, 0.15) is 0 Å². The number of hydrogen-bond donors (Lipinski definition) is 2. The lowest BCUT2D eigenvalue weighted by atomic mass is 10.0. The number of aromatic amines is 1. The van der Waals surface area contributed by atoms with Gasteiger partial charge in [0, 0.05) is 32.1 Å². The van der Waals surface area contributed by atoms with Gasteiger partial charge in [0.25, 0.3) is 0 Å². The van der Waals surface area contributed by atoms with E-state index >= 15 is 0 Å². The number of carbonyl (C=O) groups is 1. The van der Waals surface area contributed by atoms with Crippen LogP contribution in [-0.2, 0) is 4.79 Å². The molecule has 2 aromatic rings.